The van der Waals surface area contributed by atoms with Crippen LogP contribution in [0.1, 0.15) is 24.4 Å². The molecule has 0 amide bonds. The van der Waals surface area contributed by atoms with E-state index in [9.17, 15) is 0 Å². The number of nitrogens with two attached hydrogens (primary N) is 1. The molecule has 100 valence electrons. The lowest BCUT2D eigenvalue weighted by Gasteiger charge is -2.26. The van der Waals surface area contributed by atoms with Gasteiger partial charge in [-0.25, -0.2) is 0 Å². The van der Waals surface area contributed by atoms with E-state index >= 15 is 0 Å². The van der Waals surface area contributed by atoms with Gasteiger partial charge in [0.1, 0.15) is 0 Å². The number of hydrazine groups is 1. The molecule has 1 aromatic heterocycles. The summed E-state index contributed by atoms with van der Waals surface area (Å²) >= 11 is 0. The van der Waals surface area contributed by atoms with Gasteiger partial charge in [-0.05, 0) is 35.8 Å². The molecule has 3 N–H and O–H groups in total. The van der Waals surface area contributed by atoms with Gasteiger partial charge in [-0.15, -0.1) is 0 Å². The van der Waals surface area contributed by atoms with Crippen molar-refractivity contribution in [2.45, 2.75) is 25.0 Å². The van der Waals surface area contributed by atoms with Gasteiger partial charge in [-0.3, -0.25) is 16.3 Å². The Labute approximate surface area is 112 Å². The average molecular weight is 257 g/mol. The fourth-order valence-electron chi connectivity index (χ4n) is 2.80. The largest absolute Gasteiger partial charge is 0.379 e. The van der Waals surface area contributed by atoms with Crippen LogP contribution in [0.3, 0.4) is 0 Å². The number of nitrogens with zero attached hydrogens (tertiary/aromatic N) is 1. The van der Waals surface area contributed by atoms with Crippen LogP contribution in [0.25, 0.3) is 10.8 Å². The van der Waals surface area contributed by atoms with E-state index < -0.39 is 0 Å². The van der Waals surface area contributed by atoms with Gasteiger partial charge in [0, 0.05) is 24.9 Å². The molecule has 2 aromatic rings. The van der Waals surface area contributed by atoms with E-state index in [4.69, 9.17) is 10.6 Å². The summed E-state index contributed by atoms with van der Waals surface area (Å²) in [7, 11) is 1.76. The predicted molar refractivity (Wildman–Crippen MR) is 75.3 cm³/mol. The molecule has 2 unspecified atom stereocenters. The zero-order valence-electron chi connectivity index (χ0n) is 11.0. The third kappa shape index (κ3) is 2.34. The van der Waals surface area contributed by atoms with E-state index in [0.717, 1.165) is 10.9 Å². The fraction of sp³-hybridized carbons (Fsp3) is 0.400. The lowest BCUT2D eigenvalue weighted by Crippen LogP contribution is -2.38. The zero-order valence-corrected chi connectivity index (χ0v) is 11.0. The molecule has 1 aromatic carbocycles. The number of pyridine rings is 1. The number of methoxy groups -OCH3 is 1. The highest BCUT2D eigenvalue weighted by molar-refractivity contribution is 5.85. The minimum Gasteiger partial charge on any atom is -0.379 e. The van der Waals surface area contributed by atoms with Crippen molar-refractivity contribution >= 4 is 10.8 Å². The third-order valence-corrected chi connectivity index (χ3v) is 3.92. The second kappa shape index (κ2) is 5.25. The molecule has 1 saturated carbocycles. The molecule has 1 heterocycles. The molecular formula is C15H19N3O. The fourth-order valence-corrected chi connectivity index (χ4v) is 2.80. The van der Waals surface area contributed by atoms with Crippen LogP contribution in [0, 0.1) is 5.92 Å². The summed E-state index contributed by atoms with van der Waals surface area (Å²) in [6.45, 7) is 0. The summed E-state index contributed by atoms with van der Waals surface area (Å²) in [5, 5.41) is 2.31. The van der Waals surface area contributed by atoms with E-state index in [1.807, 2.05) is 18.5 Å². The number of benzene rings is 1. The first-order valence-electron chi connectivity index (χ1n) is 6.66. The summed E-state index contributed by atoms with van der Waals surface area (Å²) in [6.07, 6.45) is 6.27. The van der Waals surface area contributed by atoms with Crippen molar-refractivity contribution in [1.29, 1.82) is 0 Å². The average Bonchev–Trinajstić information content (AvgIpc) is 3.29. The van der Waals surface area contributed by atoms with Gasteiger partial charge in [0.05, 0.1) is 12.1 Å². The highest BCUT2D eigenvalue weighted by Crippen LogP contribution is 2.40. The lowest BCUT2D eigenvalue weighted by atomic mass is 9.94. The Kier molecular flexibility index (Phi) is 3.46. The first-order valence-corrected chi connectivity index (χ1v) is 6.66. The first-order chi connectivity index (χ1) is 9.35. The Hall–Kier alpha value is -1.49. The van der Waals surface area contributed by atoms with E-state index in [1.165, 1.54) is 18.2 Å². The molecular weight excluding hydrogens is 238 g/mol. The van der Waals surface area contributed by atoms with Crippen molar-refractivity contribution in [3.8, 4) is 0 Å². The molecule has 0 radical (unpaired) electrons. The quantitative estimate of drug-likeness (QED) is 0.636. The van der Waals surface area contributed by atoms with Crippen LogP contribution in [0.15, 0.2) is 36.7 Å². The Bertz CT molecular complexity index is 563. The molecule has 19 heavy (non-hydrogen) atoms. The third-order valence-electron chi connectivity index (χ3n) is 3.92. The minimum atomic E-state index is 0.00500. The van der Waals surface area contributed by atoms with Crippen LogP contribution in [-0.2, 0) is 4.74 Å². The summed E-state index contributed by atoms with van der Waals surface area (Å²) in [5.41, 5.74) is 4.09. The maximum atomic E-state index is 5.79. The van der Waals surface area contributed by atoms with Gasteiger partial charge in [0.15, 0.2) is 0 Å². The van der Waals surface area contributed by atoms with Gasteiger partial charge < -0.3 is 4.74 Å². The first kappa shape index (κ1) is 12.5. The SMILES string of the molecule is COC(C1CC1)C(NN)c1cccc2ccncc12. The van der Waals surface area contributed by atoms with E-state index in [2.05, 4.69) is 28.6 Å². The molecule has 0 saturated heterocycles. The normalized spacial score (nSPS) is 18.4. The maximum Gasteiger partial charge on any atom is 0.0807 e. The van der Waals surface area contributed by atoms with Gasteiger partial charge >= 0.3 is 0 Å². The van der Waals surface area contributed by atoms with Crippen molar-refractivity contribution in [3.05, 3.63) is 42.2 Å². The van der Waals surface area contributed by atoms with E-state index in [1.54, 1.807) is 7.11 Å². The van der Waals surface area contributed by atoms with E-state index in [0.29, 0.717) is 5.92 Å². The van der Waals surface area contributed by atoms with Gasteiger partial charge in [0.2, 0.25) is 0 Å². The summed E-state index contributed by atoms with van der Waals surface area (Å²) in [6, 6.07) is 8.27. The molecule has 0 spiro atoms. The number of hydrogen-bond acceptors (Lipinski definition) is 4. The maximum absolute atomic E-state index is 5.79. The Balaban J connectivity index is 2.05. The van der Waals surface area contributed by atoms with Crippen molar-refractivity contribution in [2.75, 3.05) is 7.11 Å². The van der Waals surface area contributed by atoms with Gasteiger partial charge in [-0.1, -0.05) is 18.2 Å². The number of fused-ring (bicyclic) bond motifs is 1. The topological polar surface area (TPSA) is 60.2 Å². The highest BCUT2D eigenvalue weighted by atomic mass is 16.5. The molecule has 3 rings (SSSR count). The van der Waals surface area contributed by atoms with Crippen LogP contribution in [-0.4, -0.2) is 18.2 Å². The number of aromatic nitrogens is 1. The van der Waals surface area contributed by atoms with Crippen LogP contribution >= 0.6 is 0 Å². The number of nitrogens with one attached hydrogen (secondary N) is 1. The van der Waals surface area contributed by atoms with Crippen molar-refractivity contribution in [2.24, 2.45) is 11.8 Å². The molecule has 1 fully saturated rings. The highest BCUT2D eigenvalue weighted by Gasteiger charge is 2.37. The van der Waals surface area contributed by atoms with Crippen LogP contribution < -0.4 is 11.3 Å². The Morgan fingerprint density at radius 2 is 2.21 bits per heavy atom. The Morgan fingerprint density at radius 3 is 2.89 bits per heavy atom. The van der Waals surface area contributed by atoms with Crippen molar-refractivity contribution < 1.29 is 4.74 Å². The van der Waals surface area contributed by atoms with Gasteiger partial charge in [0.25, 0.3) is 0 Å². The number of rotatable bonds is 5. The summed E-state index contributed by atoms with van der Waals surface area (Å²) in [5.74, 6) is 6.40. The zero-order chi connectivity index (χ0) is 13.2. The van der Waals surface area contributed by atoms with Crippen molar-refractivity contribution in [1.82, 2.24) is 10.4 Å². The summed E-state index contributed by atoms with van der Waals surface area (Å²) in [4.78, 5) is 4.23. The standard InChI is InChI=1S/C15H19N3O/c1-19-15(11-5-6-11)14(18-16)12-4-2-3-10-7-8-17-9-13(10)12/h2-4,7-9,11,14-15,18H,5-6,16H2,1H3. The Morgan fingerprint density at radius 1 is 1.37 bits per heavy atom. The lowest BCUT2D eigenvalue weighted by molar-refractivity contribution is 0.0511. The summed E-state index contributed by atoms with van der Waals surface area (Å²) < 4.78 is 5.67. The van der Waals surface area contributed by atoms with Crippen LogP contribution in [0.5, 0.6) is 0 Å². The molecule has 0 bridgehead atoms. The van der Waals surface area contributed by atoms with Crippen LogP contribution in [0.2, 0.25) is 0 Å². The minimum absolute atomic E-state index is 0.00500. The molecule has 1 aliphatic carbocycles. The molecule has 4 heteroatoms. The smallest absolute Gasteiger partial charge is 0.0807 e. The van der Waals surface area contributed by atoms with Crippen LogP contribution in [0.4, 0.5) is 0 Å². The molecule has 2 atom stereocenters. The van der Waals surface area contributed by atoms with Crippen molar-refractivity contribution in [3.63, 3.8) is 0 Å². The molecule has 0 aliphatic heterocycles. The second-order valence-corrected chi connectivity index (χ2v) is 5.13. The predicted octanol–water partition coefficient (Wildman–Crippen LogP) is 2.16. The number of ether oxygens (including phenoxy) is 1. The molecule has 4 nitrogen and oxygen atoms in total. The second-order valence-electron chi connectivity index (χ2n) is 5.13. The molecule has 1 aliphatic rings. The van der Waals surface area contributed by atoms with E-state index in [-0.39, 0.29) is 12.1 Å². The number of hydrogen-bond donors (Lipinski definition) is 2. The van der Waals surface area contributed by atoms with Gasteiger partial charge in [-0.2, -0.15) is 0 Å². The monoisotopic (exact) mass is 257 g/mol.